The molecule has 1 aliphatic carbocycles. The average Bonchev–Trinajstić information content (AvgIpc) is 2.60. The first-order valence-corrected chi connectivity index (χ1v) is 8.65. The number of amides is 1. The minimum Gasteiger partial charge on any atom is -0.481 e. The third-order valence-corrected chi connectivity index (χ3v) is 4.62. The second-order valence-electron chi connectivity index (χ2n) is 6.11. The van der Waals surface area contributed by atoms with Crippen LogP contribution < -0.4 is 10.1 Å². The second-order valence-corrected chi connectivity index (χ2v) is 6.46. The maximum atomic E-state index is 12.1. The Morgan fingerprint density at radius 2 is 2.08 bits per heavy atom. The van der Waals surface area contributed by atoms with Gasteiger partial charge in [-0.2, -0.15) is 0 Å². The molecule has 0 fully saturated rings. The van der Waals surface area contributed by atoms with E-state index in [0.29, 0.717) is 5.75 Å². The molecule has 0 saturated carbocycles. The average molecular weight is 345 g/mol. The topological polar surface area (TPSA) is 51.2 Å². The van der Waals surface area contributed by atoms with Crippen LogP contribution in [0, 0.1) is 0 Å². The fourth-order valence-corrected chi connectivity index (χ4v) is 3.19. The van der Waals surface area contributed by atoms with E-state index in [-0.39, 0.29) is 23.7 Å². The summed E-state index contributed by atoms with van der Waals surface area (Å²) in [6.45, 7) is 1.90. The van der Waals surface area contributed by atoms with Crippen molar-refractivity contribution < 1.29 is 9.53 Å². The number of benzene rings is 1. The number of carbonyl (C=O) groups excluding carboxylic acids is 1. The molecule has 1 aromatic carbocycles. The molecule has 4 nitrogen and oxygen atoms in total. The molecule has 126 valence electrons. The number of hydrogen-bond donors (Lipinski definition) is 1. The van der Waals surface area contributed by atoms with Gasteiger partial charge in [-0.15, -0.1) is 0 Å². The van der Waals surface area contributed by atoms with E-state index in [1.54, 1.807) is 18.3 Å². The van der Waals surface area contributed by atoms with Crippen LogP contribution in [0.3, 0.4) is 0 Å². The Hall–Kier alpha value is -2.07. The van der Waals surface area contributed by atoms with Crippen LogP contribution in [-0.2, 0) is 17.6 Å². The molecule has 1 N–H and O–H groups in total. The number of halogens is 1. The van der Waals surface area contributed by atoms with Gasteiger partial charge in [0.2, 0.25) is 0 Å². The van der Waals surface area contributed by atoms with Gasteiger partial charge in [-0.3, -0.25) is 4.79 Å². The minimum absolute atomic E-state index is 0.0577. The first-order valence-electron chi connectivity index (χ1n) is 8.28. The molecule has 24 heavy (non-hydrogen) atoms. The first kappa shape index (κ1) is 16.8. The predicted octanol–water partition coefficient (Wildman–Crippen LogP) is 3.87. The summed E-state index contributed by atoms with van der Waals surface area (Å²) in [5, 5.41) is 3.22. The Morgan fingerprint density at radius 3 is 2.88 bits per heavy atom. The Morgan fingerprint density at radius 1 is 1.29 bits per heavy atom. The van der Waals surface area contributed by atoms with Gasteiger partial charge in [-0.1, -0.05) is 29.8 Å². The van der Waals surface area contributed by atoms with Crippen molar-refractivity contribution in [2.24, 2.45) is 0 Å². The zero-order valence-electron chi connectivity index (χ0n) is 13.7. The van der Waals surface area contributed by atoms with Gasteiger partial charge in [0.15, 0.2) is 17.5 Å². The number of fused-ring (bicyclic) bond motifs is 1. The highest BCUT2D eigenvalue weighted by Gasteiger charge is 2.14. The number of aryl methyl sites for hydroxylation is 2. The molecule has 0 radical (unpaired) electrons. The molecule has 1 heterocycles. The van der Waals surface area contributed by atoms with Gasteiger partial charge >= 0.3 is 0 Å². The summed E-state index contributed by atoms with van der Waals surface area (Å²) < 4.78 is 5.42. The van der Waals surface area contributed by atoms with Gasteiger partial charge in [0.1, 0.15) is 0 Å². The summed E-state index contributed by atoms with van der Waals surface area (Å²) in [6, 6.07) is 9.87. The molecule has 3 rings (SSSR count). The van der Waals surface area contributed by atoms with Crippen molar-refractivity contribution in [1.29, 1.82) is 0 Å². The van der Waals surface area contributed by atoms with Crippen molar-refractivity contribution in [3.8, 4) is 5.75 Å². The number of hydrogen-bond acceptors (Lipinski definition) is 3. The molecule has 1 amide bonds. The third kappa shape index (κ3) is 4.06. The molecule has 0 bridgehead atoms. The lowest BCUT2D eigenvalue weighted by Crippen LogP contribution is -2.31. The summed E-state index contributed by atoms with van der Waals surface area (Å²) in [4.78, 5) is 16.0. The Bertz CT molecular complexity index is 733. The third-order valence-electron chi connectivity index (χ3n) is 4.33. The number of rotatable bonds is 5. The molecule has 1 aromatic heterocycles. The first-order chi connectivity index (χ1) is 11.6. The molecular weight excluding hydrogens is 324 g/mol. The van der Waals surface area contributed by atoms with Crippen molar-refractivity contribution in [3.05, 3.63) is 58.4 Å². The lowest BCUT2D eigenvalue weighted by Gasteiger charge is -2.20. The maximum Gasteiger partial charge on any atom is 0.258 e. The van der Waals surface area contributed by atoms with Crippen LogP contribution in [0.15, 0.2) is 36.5 Å². The van der Waals surface area contributed by atoms with Crippen molar-refractivity contribution in [1.82, 2.24) is 10.3 Å². The van der Waals surface area contributed by atoms with Crippen molar-refractivity contribution >= 4 is 17.5 Å². The largest absolute Gasteiger partial charge is 0.481 e. The van der Waals surface area contributed by atoms with Crippen LogP contribution in [0.2, 0.25) is 5.15 Å². The molecular formula is C19H21ClN2O2. The smallest absolute Gasteiger partial charge is 0.258 e. The normalized spacial score (nSPS) is 14.6. The number of carbonyl (C=O) groups is 1. The van der Waals surface area contributed by atoms with Crippen LogP contribution in [0.1, 0.15) is 42.5 Å². The van der Waals surface area contributed by atoms with Crippen molar-refractivity contribution in [2.75, 3.05) is 6.61 Å². The van der Waals surface area contributed by atoms with Gasteiger partial charge in [0, 0.05) is 6.20 Å². The van der Waals surface area contributed by atoms with E-state index in [9.17, 15) is 4.79 Å². The lowest BCUT2D eigenvalue weighted by atomic mass is 9.89. The van der Waals surface area contributed by atoms with Gasteiger partial charge in [0.25, 0.3) is 5.91 Å². The standard InChI is InChI=1S/C19H21ClN2O2/c1-13(15-9-8-14-5-2-3-6-16(14)11-15)22-18(23)12-24-17-7-4-10-21-19(17)20/h4,7-11,13H,2-3,5-6,12H2,1H3,(H,22,23). The summed E-state index contributed by atoms with van der Waals surface area (Å²) in [5.41, 5.74) is 3.99. The predicted molar refractivity (Wildman–Crippen MR) is 94.4 cm³/mol. The molecule has 0 saturated heterocycles. The van der Waals surface area contributed by atoms with E-state index in [1.807, 2.05) is 6.92 Å². The van der Waals surface area contributed by atoms with Gasteiger partial charge in [-0.25, -0.2) is 4.98 Å². The molecule has 1 atom stereocenters. The number of nitrogens with one attached hydrogen (secondary N) is 1. The summed E-state index contributed by atoms with van der Waals surface area (Å²) in [5.74, 6) is 0.232. The van der Waals surface area contributed by atoms with E-state index in [4.69, 9.17) is 16.3 Å². The molecule has 0 spiro atoms. The van der Waals surface area contributed by atoms with Gasteiger partial charge in [0.05, 0.1) is 6.04 Å². The molecule has 0 aliphatic heterocycles. The van der Waals surface area contributed by atoms with E-state index in [0.717, 1.165) is 18.4 Å². The van der Waals surface area contributed by atoms with E-state index >= 15 is 0 Å². The second kappa shape index (κ2) is 7.67. The van der Waals surface area contributed by atoms with Crippen molar-refractivity contribution in [2.45, 2.75) is 38.6 Å². The van der Waals surface area contributed by atoms with Crippen LogP contribution >= 0.6 is 11.6 Å². The zero-order valence-corrected chi connectivity index (χ0v) is 14.5. The van der Waals surface area contributed by atoms with E-state index in [2.05, 4.69) is 28.5 Å². The minimum atomic E-state index is -0.180. The van der Waals surface area contributed by atoms with Crippen LogP contribution in [0.5, 0.6) is 5.75 Å². The van der Waals surface area contributed by atoms with Gasteiger partial charge < -0.3 is 10.1 Å². The van der Waals surface area contributed by atoms with Gasteiger partial charge in [-0.05, 0) is 61.4 Å². The quantitative estimate of drug-likeness (QED) is 0.838. The Kier molecular flexibility index (Phi) is 5.36. The highest BCUT2D eigenvalue weighted by atomic mass is 35.5. The molecule has 5 heteroatoms. The number of nitrogens with zero attached hydrogens (tertiary/aromatic N) is 1. The monoisotopic (exact) mass is 344 g/mol. The van der Waals surface area contributed by atoms with Crippen molar-refractivity contribution in [3.63, 3.8) is 0 Å². The van der Waals surface area contributed by atoms with Crippen LogP contribution in [-0.4, -0.2) is 17.5 Å². The summed E-state index contributed by atoms with van der Waals surface area (Å²) in [7, 11) is 0. The fourth-order valence-electron chi connectivity index (χ4n) is 3.01. The number of aromatic nitrogens is 1. The van der Waals surface area contributed by atoms with Crippen LogP contribution in [0.4, 0.5) is 0 Å². The fraction of sp³-hybridized carbons (Fsp3) is 0.368. The summed E-state index contributed by atoms with van der Waals surface area (Å²) in [6.07, 6.45) is 6.39. The number of pyridine rings is 1. The Balaban J connectivity index is 1.57. The summed E-state index contributed by atoms with van der Waals surface area (Å²) >= 11 is 5.91. The molecule has 1 aliphatic rings. The molecule has 1 unspecified atom stereocenters. The zero-order chi connectivity index (χ0) is 16.9. The number of ether oxygens (including phenoxy) is 1. The van der Waals surface area contributed by atoms with E-state index in [1.165, 1.54) is 24.0 Å². The highest BCUT2D eigenvalue weighted by molar-refractivity contribution is 6.30. The maximum absolute atomic E-state index is 12.1. The molecule has 2 aromatic rings. The SMILES string of the molecule is CC(NC(=O)COc1cccnc1Cl)c1ccc2c(c1)CCCC2. The highest BCUT2D eigenvalue weighted by Crippen LogP contribution is 2.25. The van der Waals surface area contributed by atoms with E-state index < -0.39 is 0 Å². The lowest BCUT2D eigenvalue weighted by molar-refractivity contribution is -0.123. The van der Waals surface area contributed by atoms with Crippen LogP contribution in [0.25, 0.3) is 0 Å². The Labute approximate surface area is 147 Å².